The van der Waals surface area contributed by atoms with Crippen LogP contribution in [-0.2, 0) is 11.3 Å². The van der Waals surface area contributed by atoms with E-state index in [1.165, 1.54) is 18.9 Å². The van der Waals surface area contributed by atoms with Crippen LogP contribution in [0.25, 0.3) is 0 Å². The van der Waals surface area contributed by atoms with Crippen molar-refractivity contribution in [1.82, 2.24) is 0 Å². The van der Waals surface area contributed by atoms with Crippen molar-refractivity contribution < 1.29 is 9.66 Å². The van der Waals surface area contributed by atoms with Crippen LogP contribution in [0.4, 0.5) is 11.4 Å². The summed E-state index contributed by atoms with van der Waals surface area (Å²) in [5.41, 5.74) is 1.50. The molecule has 5 nitrogen and oxygen atoms in total. The first-order valence-electron chi connectivity index (χ1n) is 6.28. The lowest BCUT2D eigenvalue weighted by Crippen LogP contribution is -2.09. The number of nitrogens with zero attached hydrogens (tertiary/aromatic N) is 1. The Hall–Kier alpha value is -1.62. The first-order chi connectivity index (χ1) is 8.72. The molecule has 0 aliphatic heterocycles. The van der Waals surface area contributed by atoms with Crippen LogP contribution in [0.2, 0.25) is 0 Å². The number of nitro benzene ring substituents is 1. The Bertz CT molecular complexity index is 428. The van der Waals surface area contributed by atoms with Crippen molar-refractivity contribution in [3.63, 3.8) is 0 Å². The number of rotatable bonds is 5. The second-order valence-electron chi connectivity index (χ2n) is 4.54. The van der Waals surface area contributed by atoms with Crippen molar-refractivity contribution in [3.05, 3.63) is 33.9 Å². The van der Waals surface area contributed by atoms with Crippen LogP contribution < -0.4 is 5.32 Å². The lowest BCUT2D eigenvalue weighted by atomic mass is 10.1. The van der Waals surface area contributed by atoms with E-state index in [9.17, 15) is 10.1 Å². The Morgan fingerprint density at radius 2 is 2.17 bits per heavy atom. The third-order valence-electron chi connectivity index (χ3n) is 3.35. The van der Waals surface area contributed by atoms with Gasteiger partial charge in [-0.15, -0.1) is 0 Å². The van der Waals surface area contributed by atoms with E-state index in [0.717, 1.165) is 18.4 Å². The molecule has 0 radical (unpaired) electrons. The molecule has 0 heterocycles. The van der Waals surface area contributed by atoms with Crippen molar-refractivity contribution in [3.8, 4) is 0 Å². The molecule has 1 fully saturated rings. The van der Waals surface area contributed by atoms with Gasteiger partial charge in [-0.1, -0.05) is 25.0 Å². The second-order valence-corrected chi connectivity index (χ2v) is 4.54. The molecule has 0 spiro atoms. The summed E-state index contributed by atoms with van der Waals surface area (Å²) < 4.78 is 5.80. The molecule has 1 saturated carbocycles. The van der Waals surface area contributed by atoms with Gasteiger partial charge in [-0.25, -0.2) is 0 Å². The number of para-hydroxylation sites is 1. The summed E-state index contributed by atoms with van der Waals surface area (Å²) in [5.74, 6) is 0. The van der Waals surface area contributed by atoms with Crippen molar-refractivity contribution in [2.24, 2.45) is 0 Å². The van der Waals surface area contributed by atoms with Crippen LogP contribution in [0.1, 0.15) is 31.2 Å². The molecule has 0 bridgehead atoms. The quantitative estimate of drug-likeness (QED) is 0.644. The molecule has 2 rings (SSSR count). The van der Waals surface area contributed by atoms with Crippen molar-refractivity contribution >= 4 is 11.4 Å². The Balaban J connectivity index is 2.11. The first-order valence-corrected chi connectivity index (χ1v) is 6.28. The Kier molecular flexibility index (Phi) is 4.15. The van der Waals surface area contributed by atoms with Gasteiger partial charge >= 0.3 is 0 Å². The normalized spacial score (nSPS) is 15.8. The van der Waals surface area contributed by atoms with E-state index in [-0.39, 0.29) is 10.6 Å². The Morgan fingerprint density at radius 3 is 2.78 bits per heavy atom. The minimum absolute atomic E-state index is 0.102. The van der Waals surface area contributed by atoms with Crippen LogP contribution in [0.3, 0.4) is 0 Å². The predicted octanol–water partition coefficient (Wildman–Crippen LogP) is 3.10. The molecule has 1 N–H and O–H groups in total. The van der Waals surface area contributed by atoms with Gasteiger partial charge in [-0.2, -0.15) is 0 Å². The number of ether oxygens (including phenoxy) is 1. The largest absolute Gasteiger partial charge is 0.382 e. The molecule has 1 aromatic rings. The van der Waals surface area contributed by atoms with Crippen molar-refractivity contribution in [1.29, 1.82) is 0 Å². The summed E-state index contributed by atoms with van der Waals surface area (Å²) in [6.45, 7) is 0.433. The number of anilines is 1. The molecule has 0 amide bonds. The fourth-order valence-corrected chi connectivity index (χ4v) is 2.41. The van der Waals surface area contributed by atoms with E-state index in [2.05, 4.69) is 5.32 Å². The third-order valence-corrected chi connectivity index (χ3v) is 3.35. The Morgan fingerprint density at radius 1 is 1.44 bits per heavy atom. The van der Waals surface area contributed by atoms with Gasteiger partial charge in [0.15, 0.2) is 0 Å². The number of nitrogens with one attached hydrogen (secondary N) is 1. The molecule has 18 heavy (non-hydrogen) atoms. The summed E-state index contributed by atoms with van der Waals surface area (Å²) in [6.07, 6.45) is 4.96. The van der Waals surface area contributed by atoms with E-state index in [1.54, 1.807) is 13.1 Å². The number of benzene rings is 1. The molecule has 0 aromatic heterocycles. The highest BCUT2D eigenvalue weighted by atomic mass is 16.6. The molecule has 1 aliphatic rings. The molecule has 98 valence electrons. The number of hydrogen-bond donors (Lipinski definition) is 1. The Labute approximate surface area is 106 Å². The maximum absolute atomic E-state index is 10.9. The molecule has 0 unspecified atom stereocenters. The van der Waals surface area contributed by atoms with Gasteiger partial charge in [0.25, 0.3) is 5.69 Å². The van der Waals surface area contributed by atoms with E-state index in [1.807, 2.05) is 6.07 Å². The summed E-state index contributed by atoms with van der Waals surface area (Å²) in [6, 6.07) is 5.07. The average Bonchev–Trinajstić information content (AvgIpc) is 2.88. The second kappa shape index (κ2) is 5.82. The van der Waals surface area contributed by atoms with Crippen LogP contribution in [0.5, 0.6) is 0 Å². The van der Waals surface area contributed by atoms with Crippen molar-refractivity contribution in [2.75, 3.05) is 12.4 Å². The summed E-state index contributed by atoms with van der Waals surface area (Å²) >= 11 is 0. The summed E-state index contributed by atoms with van der Waals surface area (Å²) in [5, 5.41) is 13.8. The van der Waals surface area contributed by atoms with Crippen molar-refractivity contribution in [2.45, 2.75) is 38.4 Å². The topological polar surface area (TPSA) is 64.4 Å². The molecule has 5 heteroatoms. The van der Waals surface area contributed by atoms with Gasteiger partial charge in [-0.3, -0.25) is 10.1 Å². The summed E-state index contributed by atoms with van der Waals surface area (Å²) in [4.78, 5) is 10.5. The monoisotopic (exact) mass is 250 g/mol. The maximum atomic E-state index is 10.9. The lowest BCUT2D eigenvalue weighted by Gasteiger charge is -2.13. The third kappa shape index (κ3) is 2.79. The van der Waals surface area contributed by atoms with Gasteiger partial charge in [0.1, 0.15) is 5.69 Å². The van der Waals surface area contributed by atoms with E-state index in [4.69, 9.17) is 4.74 Å². The zero-order chi connectivity index (χ0) is 13.0. The molecular weight excluding hydrogens is 232 g/mol. The predicted molar refractivity (Wildman–Crippen MR) is 69.7 cm³/mol. The van der Waals surface area contributed by atoms with Gasteiger partial charge in [0.05, 0.1) is 17.6 Å². The number of hydrogen-bond acceptors (Lipinski definition) is 4. The van der Waals surface area contributed by atoms with Crippen LogP contribution >= 0.6 is 0 Å². The van der Waals surface area contributed by atoms with E-state index < -0.39 is 0 Å². The van der Waals surface area contributed by atoms with Crippen LogP contribution in [0.15, 0.2) is 18.2 Å². The molecule has 1 aliphatic carbocycles. The van der Waals surface area contributed by atoms with E-state index in [0.29, 0.717) is 18.4 Å². The first kappa shape index (κ1) is 12.8. The van der Waals surface area contributed by atoms with Crippen LogP contribution in [0, 0.1) is 10.1 Å². The van der Waals surface area contributed by atoms with E-state index >= 15 is 0 Å². The van der Waals surface area contributed by atoms with Gasteiger partial charge < -0.3 is 10.1 Å². The molecule has 0 saturated heterocycles. The maximum Gasteiger partial charge on any atom is 0.292 e. The zero-order valence-electron chi connectivity index (χ0n) is 10.5. The van der Waals surface area contributed by atoms with Crippen LogP contribution in [-0.4, -0.2) is 18.1 Å². The smallest absolute Gasteiger partial charge is 0.292 e. The average molecular weight is 250 g/mol. The van der Waals surface area contributed by atoms with Gasteiger partial charge in [0, 0.05) is 18.7 Å². The lowest BCUT2D eigenvalue weighted by molar-refractivity contribution is -0.384. The minimum atomic E-state index is -0.370. The van der Waals surface area contributed by atoms with Gasteiger partial charge in [0.2, 0.25) is 0 Å². The molecule has 1 aromatic carbocycles. The fraction of sp³-hybridized carbons (Fsp3) is 0.538. The highest BCUT2D eigenvalue weighted by molar-refractivity contribution is 5.65. The standard InChI is InChI=1S/C13H18N2O3/c1-14-13-10(5-4-8-12(13)15(16)17)9-18-11-6-2-3-7-11/h4-5,8,11,14H,2-3,6-7,9H2,1H3. The molecule has 0 atom stereocenters. The minimum Gasteiger partial charge on any atom is -0.382 e. The zero-order valence-corrected chi connectivity index (χ0v) is 10.5. The SMILES string of the molecule is CNc1c(COC2CCCC2)cccc1[N+](=O)[O-]. The highest BCUT2D eigenvalue weighted by Crippen LogP contribution is 2.29. The van der Waals surface area contributed by atoms with Gasteiger partial charge in [-0.05, 0) is 12.8 Å². The fourth-order valence-electron chi connectivity index (χ4n) is 2.41. The molecular formula is C13H18N2O3. The number of nitro groups is 1. The highest BCUT2D eigenvalue weighted by Gasteiger charge is 2.19. The summed E-state index contributed by atoms with van der Waals surface area (Å²) in [7, 11) is 1.70.